The first-order valence-corrected chi connectivity index (χ1v) is 13.0. The number of benzene rings is 4. The van der Waals surface area contributed by atoms with Gasteiger partial charge < -0.3 is 9.47 Å². The number of nitrogens with zero attached hydrogens (tertiary/aromatic N) is 1. The van der Waals surface area contributed by atoms with Gasteiger partial charge in [0.15, 0.2) is 0 Å². The number of carbonyl (C=O) groups is 2. The van der Waals surface area contributed by atoms with Crippen LogP contribution in [-0.2, 0) is 6.61 Å². The molecule has 0 saturated heterocycles. The molecule has 4 rings (SSSR count). The maximum absolute atomic E-state index is 12.6. The van der Waals surface area contributed by atoms with Gasteiger partial charge in [-0.2, -0.15) is 5.10 Å². The molecule has 0 saturated carbocycles. The van der Waals surface area contributed by atoms with Crippen LogP contribution in [-0.4, -0.2) is 18.1 Å². The molecule has 0 heterocycles. The lowest BCUT2D eigenvalue weighted by molar-refractivity contribution is 0.0734. The van der Waals surface area contributed by atoms with Crippen LogP contribution in [0.15, 0.2) is 94.5 Å². The fourth-order valence-corrected chi connectivity index (χ4v) is 4.28. The van der Waals surface area contributed by atoms with Crippen LogP contribution >= 0.6 is 50.7 Å². The number of hydrogen-bond acceptors (Lipinski definition) is 5. The Kier molecular flexibility index (Phi) is 9.42. The molecule has 4 aromatic rings. The highest BCUT2D eigenvalue weighted by atomic mass is 79.9. The smallest absolute Gasteiger partial charge is 0.345 e. The summed E-state index contributed by atoms with van der Waals surface area (Å²) in [6.07, 6.45) is 1.38. The quantitative estimate of drug-likeness (QED) is 0.0925. The fourth-order valence-electron chi connectivity index (χ4n) is 3.22. The van der Waals surface area contributed by atoms with Crippen molar-refractivity contribution in [2.24, 2.45) is 5.10 Å². The van der Waals surface area contributed by atoms with Crippen molar-refractivity contribution in [3.63, 3.8) is 0 Å². The standard InChI is InChI=1S/C28H18BrCl3N2O4/c29-20-8-12-26(38-28(36)23-3-1-2-4-24(23)31)19(13-20)15-33-34-27(35)17-6-10-22(11-7-17)37-16-18-5-9-21(30)14-25(18)32/h1-15H,16H2,(H,34,35)/b33-15+. The third-order valence-electron chi connectivity index (χ3n) is 5.16. The maximum atomic E-state index is 12.6. The molecule has 10 heteroatoms. The zero-order valence-electron chi connectivity index (χ0n) is 19.5. The zero-order chi connectivity index (χ0) is 27.1. The van der Waals surface area contributed by atoms with E-state index < -0.39 is 11.9 Å². The van der Waals surface area contributed by atoms with Gasteiger partial charge in [0.1, 0.15) is 18.1 Å². The van der Waals surface area contributed by atoms with Crippen molar-refractivity contribution in [1.29, 1.82) is 0 Å². The molecule has 1 amide bonds. The normalized spacial score (nSPS) is 10.8. The second-order valence-electron chi connectivity index (χ2n) is 7.80. The molecule has 0 aromatic heterocycles. The van der Waals surface area contributed by atoms with Crippen LogP contribution in [0.1, 0.15) is 31.8 Å². The third kappa shape index (κ3) is 7.36. The highest BCUT2D eigenvalue weighted by molar-refractivity contribution is 9.10. The first-order chi connectivity index (χ1) is 18.3. The first-order valence-electron chi connectivity index (χ1n) is 11.1. The van der Waals surface area contributed by atoms with Gasteiger partial charge in [0, 0.05) is 31.2 Å². The van der Waals surface area contributed by atoms with Crippen molar-refractivity contribution in [2.45, 2.75) is 6.61 Å². The number of hydrogen-bond donors (Lipinski definition) is 1. The van der Waals surface area contributed by atoms with Crippen molar-refractivity contribution < 1.29 is 19.1 Å². The molecule has 0 atom stereocenters. The van der Waals surface area contributed by atoms with E-state index in [-0.39, 0.29) is 22.9 Å². The van der Waals surface area contributed by atoms with Gasteiger partial charge in [-0.3, -0.25) is 4.79 Å². The van der Waals surface area contributed by atoms with Gasteiger partial charge in [0.2, 0.25) is 0 Å². The molecule has 0 spiro atoms. The number of halogens is 4. The summed E-state index contributed by atoms with van der Waals surface area (Å²) in [6.45, 7) is 0.252. The average molecular weight is 633 g/mol. The highest BCUT2D eigenvalue weighted by Crippen LogP contribution is 2.25. The van der Waals surface area contributed by atoms with Crippen LogP contribution in [0, 0.1) is 0 Å². The Balaban J connectivity index is 1.37. The van der Waals surface area contributed by atoms with Crippen LogP contribution in [0.5, 0.6) is 11.5 Å². The van der Waals surface area contributed by atoms with Crippen LogP contribution in [0.25, 0.3) is 0 Å². The van der Waals surface area contributed by atoms with Gasteiger partial charge >= 0.3 is 5.97 Å². The minimum absolute atomic E-state index is 0.233. The molecular weight excluding hydrogens is 615 g/mol. The van der Waals surface area contributed by atoms with Crippen molar-refractivity contribution in [2.75, 3.05) is 0 Å². The third-order valence-corrected chi connectivity index (χ3v) is 6.57. The minimum atomic E-state index is -0.614. The first kappa shape index (κ1) is 27.7. The fraction of sp³-hybridized carbons (Fsp3) is 0.0357. The maximum Gasteiger partial charge on any atom is 0.345 e. The van der Waals surface area contributed by atoms with Crippen LogP contribution < -0.4 is 14.9 Å². The van der Waals surface area contributed by atoms with E-state index in [9.17, 15) is 9.59 Å². The van der Waals surface area contributed by atoms with Crippen LogP contribution in [0.3, 0.4) is 0 Å². The molecule has 0 fully saturated rings. The Morgan fingerprint density at radius 1 is 0.895 bits per heavy atom. The average Bonchev–Trinajstić information content (AvgIpc) is 2.90. The van der Waals surface area contributed by atoms with Gasteiger partial charge in [-0.05, 0) is 66.7 Å². The van der Waals surface area contributed by atoms with Crippen molar-refractivity contribution in [3.05, 3.63) is 127 Å². The molecule has 0 aliphatic rings. The lowest BCUT2D eigenvalue weighted by Crippen LogP contribution is -2.17. The van der Waals surface area contributed by atoms with E-state index in [1.165, 1.54) is 6.21 Å². The van der Waals surface area contributed by atoms with Crippen molar-refractivity contribution in [3.8, 4) is 11.5 Å². The van der Waals surface area contributed by atoms with Crippen molar-refractivity contribution in [1.82, 2.24) is 5.43 Å². The van der Waals surface area contributed by atoms with E-state index in [4.69, 9.17) is 44.3 Å². The van der Waals surface area contributed by atoms with Gasteiger partial charge in [0.25, 0.3) is 5.91 Å². The number of esters is 1. The molecular formula is C28H18BrCl3N2O4. The summed E-state index contributed by atoms with van der Waals surface area (Å²) in [5.41, 5.74) is 4.32. The van der Waals surface area contributed by atoms with E-state index in [0.29, 0.717) is 26.9 Å². The minimum Gasteiger partial charge on any atom is -0.489 e. The molecule has 0 bridgehead atoms. The molecule has 4 aromatic carbocycles. The SMILES string of the molecule is O=C(N/N=C/c1cc(Br)ccc1OC(=O)c1ccccc1Cl)c1ccc(OCc2ccc(Cl)cc2Cl)cc1. The molecule has 6 nitrogen and oxygen atoms in total. The van der Waals surface area contributed by atoms with E-state index in [1.54, 1.807) is 84.9 Å². The topological polar surface area (TPSA) is 77.0 Å². The molecule has 0 unspecified atom stereocenters. The summed E-state index contributed by atoms with van der Waals surface area (Å²) in [5.74, 6) is -0.232. The lowest BCUT2D eigenvalue weighted by atomic mass is 10.2. The molecule has 1 N–H and O–H groups in total. The molecule has 0 aliphatic heterocycles. The second kappa shape index (κ2) is 12.9. The summed E-state index contributed by atoms with van der Waals surface area (Å²) in [4.78, 5) is 25.1. The van der Waals surface area contributed by atoms with Crippen LogP contribution in [0.4, 0.5) is 0 Å². The second-order valence-corrected chi connectivity index (χ2v) is 9.97. The Labute approximate surface area is 242 Å². The predicted octanol–water partition coefficient (Wildman–Crippen LogP) is 7.97. The number of nitrogens with one attached hydrogen (secondary N) is 1. The largest absolute Gasteiger partial charge is 0.489 e. The Morgan fingerprint density at radius 3 is 2.39 bits per heavy atom. The van der Waals surface area contributed by atoms with Gasteiger partial charge in [0.05, 0.1) is 16.8 Å². The lowest BCUT2D eigenvalue weighted by Gasteiger charge is -2.09. The monoisotopic (exact) mass is 630 g/mol. The number of hydrazone groups is 1. The molecule has 0 aliphatic carbocycles. The van der Waals surface area contributed by atoms with Gasteiger partial charge in [-0.15, -0.1) is 0 Å². The number of rotatable bonds is 8. The Bertz CT molecular complexity index is 1510. The summed E-state index contributed by atoms with van der Waals surface area (Å²) >= 11 is 21.6. The van der Waals surface area contributed by atoms with E-state index in [0.717, 1.165) is 10.0 Å². The predicted molar refractivity (Wildman–Crippen MR) is 153 cm³/mol. The summed E-state index contributed by atoms with van der Waals surface area (Å²) in [5, 5.41) is 5.35. The number of amides is 1. The summed E-state index contributed by atoms with van der Waals surface area (Å²) < 4.78 is 12.0. The van der Waals surface area contributed by atoms with Crippen LogP contribution in [0.2, 0.25) is 15.1 Å². The molecule has 192 valence electrons. The van der Waals surface area contributed by atoms with E-state index in [1.807, 2.05) is 0 Å². The van der Waals surface area contributed by atoms with Gasteiger partial charge in [-0.1, -0.05) is 68.9 Å². The highest BCUT2D eigenvalue weighted by Gasteiger charge is 2.14. The number of carbonyl (C=O) groups excluding carboxylic acids is 2. The van der Waals surface area contributed by atoms with Gasteiger partial charge in [-0.25, -0.2) is 10.2 Å². The van der Waals surface area contributed by atoms with E-state index in [2.05, 4.69) is 26.5 Å². The Hall–Kier alpha value is -3.36. The summed E-state index contributed by atoms with van der Waals surface area (Å²) in [7, 11) is 0. The molecule has 38 heavy (non-hydrogen) atoms. The summed E-state index contributed by atoms with van der Waals surface area (Å²) in [6, 6.07) is 23.3. The van der Waals surface area contributed by atoms with Crippen molar-refractivity contribution >= 4 is 68.8 Å². The number of ether oxygens (including phenoxy) is 2. The molecule has 0 radical (unpaired) electrons. The Morgan fingerprint density at radius 2 is 1.66 bits per heavy atom. The van der Waals surface area contributed by atoms with E-state index >= 15 is 0 Å². The zero-order valence-corrected chi connectivity index (χ0v) is 23.3.